The zero-order chi connectivity index (χ0) is 7.68. The Balaban J connectivity index is 1.93. The molecule has 2 aliphatic rings. The van der Waals surface area contributed by atoms with Crippen molar-refractivity contribution in [2.45, 2.75) is 32.6 Å². The van der Waals surface area contributed by atoms with E-state index in [1.807, 2.05) is 0 Å². The second-order valence-electron chi connectivity index (χ2n) is 4.43. The minimum absolute atomic E-state index is 1.01. The number of piperidine rings is 1. The second-order valence-corrected chi connectivity index (χ2v) is 4.43. The molecule has 1 nitrogen and oxygen atoms in total. The van der Waals surface area contributed by atoms with E-state index in [1.54, 1.807) is 0 Å². The van der Waals surface area contributed by atoms with Crippen LogP contribution in [0, 0.1) is 17.8 Å². The van der Waals surface area contributed by atoms with E-state index in [0.717, 1.165) is 17.8 Å². The Morgan fingerprint density at radius 3 is 2.91 bits per heavy atom. The predicted molar refractivity (Wildman–Crippen MR) is 47.5 cm³/mol. The van der Waals surface area contributed by atoms with Crippen molar-refractivity contribution in [3.63, 3.8) is 0 Å². The molecule has 1 heterocycles. The van der Waals surface area contributed by atoms with Crippen LogP contribution in [0.4, 0.5) is 0 Å². The molecule has 1 aliphatic heterocycles. The summed E-state index contributed by atoms with van der Waals surface area (Å²) in [5.41, 5.74) is 0. The van der Waals surface area contributed by atoms with Gasteiger partial charge in [-0.3, -0.25) is 0 Å². The van der Waals surface area contributed by atoms with Crippen LogP contribution < -0.4 is 5.32 Å². The lowest BCUT2D eigenvalue weighted by atomic mass is 9.72. The highest BCUT2D eigenvalue weighted by molar-refractivity contribution is 4.83. The van der Waals surface area contributed by atoms with Crippen LogP contribution in [0.25, 0.3) is 0 Å². The number of hydrogen-bond acceptors (Lipinski definition) is 1. The van der Waals surface area contributed by atoms with E-state index in [0.29, 0.717) is 0 Å². The third-order valence-electron chi connectivity index (χ3n) is 3.50. The highest BCUT2D eigenvalue weighted by Crippen LogP contribution is 2.36. The third-order valence-corrected chi connectivity index (χ3v) is 3.50. The molecule has 3 atom stereocenters. The van der Waals surface area contributed by atoms with E-state index >= 15 is 0 Å². The fourth-order valence-corrected chi connectivity index (χ4v) is 2.76. The van der Waals surface area contributed by atoms with Crippen molar-refractivity contribution in [3.8, 4) is 0 Å². The molecule has 2 fully saturated rings. The average Bonchev–Trinajstić information content (AvgIpc) is 2.04. The lowest BCUT2D eigenvalue weighted by Gasteiger charge is -2.38. The maximum Gasteiger partial charge on any atom is -0.00179 e. The molecular formula is C10H19N. The van der Waals surface area contributed by atoms with Crippen LogP contribution in [0.2, 0.25) is 0 Å². The molecule has 64 valence electrons. The summed E-state index contributed by atoms with van der Waals surface area (Å²) in [6.45, 7) is 4.99. The molecular weight excluding hydrogens is 134 g/mol. The summed E-state index contributed by atoms with van der Waals surface area (Å²) in [5.74, 6) is 3.11. The van der Waals surface area contributed by atoms with E-state index in [4.69, 9.17) is 0 Å². The molecule has 0 radical (unpaired) electrons. The lowest BCUT2D eigenvalue weighted by Crippen LogP contribution is -2.39. The molecule has 1 saturated carbocycles. The van der Waals surface area contributed by atoms with Crippen molar-refractivity contribution < 1.29 is 0 Å². The lowest BCUT2D eigenvalue weighted by molar-refractivity contribution is 0.149. The van der Waals surface area contributed by atoms with Crippen LogP contribution in [-0.4, -0.2) is 13.1 Å². The van der Waals surface area contributed by atoms with Gasteiger partial charge in [0.05, 0.1) is 0 Å². The first-order valence-electron chi connectivity index (χ1n) is 5.07. The van der Waals surface area contributed by atoms with Crippen LogP contribution in [0.15, 0.2) is 0 Å². The fraction of sp³-hybridized carbons (Fsp3) is 1.00. The van der Waals surface area contributed by atoms with Gasteiger partial charge in [0, 0.05) is 0 Å². The SMILES string of the molecule is CC1CCC2CNCCC2C1. The smallest absolute Gasteiger partial charge is 0.00179 e. The number of nitrogens with one attached hydrogen (secondary N) is 1. The first-order chi connectivity index (χ1) is 5.36. The van der Waals surface area contributed by atoms with Gasteiger partial charge in [0.2, 0.25) is 0 Å². The molecule has 11 heavy (non-hydrogen) atoms. The zero-order valence-electron chi connectivity index (χ0n) is 7.47. The van der Waals surface area contributed by atoms with Gasteiger partial charge in [-0.05, 0) is 50.1 Å². The van der Waals surface area contributed by atoms with Crippen molar-refractivity contribution in [1.29, 1.82) is 0 Å². The van der Waals surface area contributed by atoms with E-state index in [2.05, 4.69) is 12.2 Å². The molecule has 0 amide bonds. The molecule has 3 unspecified atom stereocenters. The first-order valence-corrected chi connectivity index (χ1v) is 5.07. The highest BCUT2D eigenvalue weighted by atomic mass is 14.9. The molecule has 0 aromatic heterocycles. The van der Waals surface area contributed by atoms with E-state index in [9.17, 15) is 0 Å². The Hall–Kier alpha value is -0.0400. The van der Waals surface area contributed by atoms with Crippen LogP contribution in [-0.2, 0) is 0 Å². The first kappa shape index (κ1) is 7.60. The van der Waals surface area contributed by atoms with Gasteiger partial charge in [0.1, 0.15) is 0 Å². The molecule has 2 rings (SSSR count). The minimum Gasteiger partial charge on any atom is -0.316 e. The van der Waals surface area contributed by atoms with Gasteiger partial charge in [-0.15, -0.1) is 0 Å². The predicted octanol–water partition coefficient (Wildman–Crippen LogP) is 2.03. The topological polar surface area (TPSA) is 12.0 Å². The summed E-state index contributed by atoms with van der Waals surface area (Å²) in [6, 6.07) is 0. The standard InChI is InChI=1S/C10H19N/c1-8-2-3-10-7-11-5-4-9(10)6-8/h8-11H,2-7H2,1H3. The second kappa shape index (κ2) is 3.14. The van der Waals surface area contributed by atoms with Crippen molar-refractivity contribution in [1.82, 2.24) is 5.32 Å². The maximum absolute atomic E-state index is 3.50. The summed E-state index contributed by atoms with van der Waals surface area (Å²) >= 11 is 0. The summed E-state index contributed by atoms with van der Waals surface area (Å²) < 4.78 is 0. The van der Waals surface area contributed by atoms with Gasteiger partial charge in [0.25, 0.3) is 0 Å². The normalized spacial score (nSPS) is 45.0. The molecule has 0 aromatic carbocycles. The molecule has 1 N–H and O–H groups in total. The molecule has 0 spiro atoms. The average molecular weight is 153 g/mol. The number of fused-ring (bicyclic) bond motifs is 1. The Morgan fingerprint density at radius 1 is 1.09 bits per heavy atom. The van der Waals surface area contributed by atoms with Crippen LogP contribution >= 0.6 is 0 Å². The van der Waals surface area contributed by atoms with Crippen LogP contribution in [0.5, 0.6) is 0 Å². The van der Waals surface area contributed by atoms with Gasteiger partial charge >= 0.3 is 0 Å². The molecule has 0 bridgehead atoms. The summed E-state index contributed by atoms with van der Waals surface area (Å²) in [5, 5.41) is 3.50. The number of rotatable bonds is 0. The van der Waals surface area contributed by atoms with Crippen LogP contribution in [0.3, 0.4) is 0 Å². The molecule has 1 aliphatic carbocycles. The number of hydrogen-bond donors (Lipinski definition) is 1. The van der Waals surface area contributed by atoms with Gasteiger partial charge in [-0.1, -0.05) is 13.3 Å². The van der Waals surface area contributed by atoms with E-state index in [-0.39, 0.29) is 0 Å². The molecule has 1 heteroatoms. The molecule has 0 aromatic rings. The van der Waals surface area contributed by atoms with Crippen molar-refractivity contribution in [3.05, 3.63) is 0 Å². The Bertz CT molecular complexity index is 133. The summed E-state index contributed by atoms with van der Waals surface area (Å²) in [4.78, 5) is 0. The monoisotopic (exact) mass is 153 g/mol. The summed E-state index contributed by atoms with van der Waals surface area (Å²) in [6.07, 6.45) is 5.91. The van der Waals surface area contributed by atoms with E-state index in [1.165, 1.54) is 38.8 Å². The largest absolute Gasteiger partial charge is 0.316 e. The van der Waals surface area contributed by atoms with Gasteiger partial charge in [-0.25, -0.2) is 0 Å². The minimum atomic E-state index is 1.01. The van der Waals surface area contributed by atoms with Gasteiger partial charge in [0.15, 0.2) is 0 Å². The highest BCUT2D eigenvalue weighted by Gasteiger charge is 2.29. The maximum atomic E-state index is 3.50. The Morgan fingerprint density at radius 2 is 2.00 bits per heavy atom. The van der Waals surface area contributed by atoms with Crippen LogP contribution in [0.1, 0.15) is 32.6 Å². The van der Waals surface area contributed by atoms with Gasteiger partial charge < -0.3 is 5.32 Å². The van der Waals surface area contributed by atoms with Crippen molar-refractivity contribution in [2.75, 3.05) is 13.1 Å². The molecule has 1 saturated heterocycles. The third kappa shape index (κ3) is 1.58. The fourth-order valence-electron chi connectivity index (χ4n) is 2.76. The Kier molecular flexibility index (Phi) is 2.17. The quantitative estimate of drug-likeness (QED) is 0.561. The summed E-state index contributed by atoms with van der Waals surface area (Å²) in [7, 11) is 0. The zero-order valence-corrected chi connectivity index (χ0v) is 7.47. The van der Waals surface area contributed by atoms with Gasteiger partial charge in [-0.2, -0.15) is 0 Å². The van der Waals surface area contributed by atoms with Crippen molar-refractivity contribution in [2.24, 2.45) is 17.8 Å². The van der Waals surface area contributed by atoms with E-state index < -0.39 is 0 Å². The van der Waals surface area contributed by atoms with Crippen molar-refractivity contribution >= 4 is 0 Å². The Labute approximate surface area is 69.6 Å².